The van der Waals surface area contributed by atoms with Crippen molar-refractivity contribution in [3.05, 3.63) is 72.3 Å². The van der Waals surface area contributed by atoms with Crippen molar-refractivity contribution < 1.29 is 23.7 Å². The van der Waals surface area contributed by atoms with Crippen molar-refractivity contribution in [1.82, 2.24) is 0 Å². The molecule has 29 heavy (non-hydrogen) atoms. The summed E-state index contributed by atoms with van der Waals surface area (Å²) in [7, 11) is 3.95. The Balaban J connectivity index is 1.76. The first-order valence-electron chi connectivity index (χ1n) is 9.69. The van der Waals surface area contributed by atoms with E-state index in [9.17, 15) is 4.79 Å². The number of anilines is 1. The number of carbonyl (C=O) groups is 1. The average Bonchev–Trinajstić information content (AvgIpc) is 2.74. The number of hydrogen-bond donors (Lipinski definition) is 0. The van der Waals surface area contributed by atoms with Crippen LogP contribution < -0.4 is 9.64 Å². The fraction of sp³-hybridized carbons (Fsp3) is 0.348. The molecule has 0 spiro atoms. The second-order valence-corrected chi connectivity index (χ2v) is 6.86. The molecular formula is C23H27NO5. The summed E-state index contributed by atoms with van der Waals surface area (Å²) in [6.45, 7) is 2.02. The first-order chi connectivity index (χ1) is 14.1. The Morgan fingerprint density at radius 2 is 1.83 bits per heavy atom. The average molecular weight is 397 g/mol. The molecule has 2 aromatic rings. The molecule has 0 aromatic heterocycles. The van der Waals surface area contributed by atoms with Crippen LogP contribution in [0.15, 0.2) is 66.7 Å². The Hall–Kier alpha value is -2.99. The van der Waals surface area contributed by atoms with Crippen LogP contribution in [0.3, 0.4) is 0 Å². The normalized spacial score (nSPS) is 20.7. The number of benzene rings is 2. The van der Waals surface area contributed by atoms with E-state index in [1.54, 1.807) is 6.92 Å². The number of carbonyl (C=O) groups excluding carboxylic acids is 1. The van der Waals surface area contributed by atoms with Gasteiger partial charge in [-0.3, -0.25) is 0 Å². The molecule has 0 bridgehead atoms. The Labute approximate surface area is 171 Å². The fourth-order valence-electron chi connectivity index (χ4n) is 3.03. The molecule has 1 heterocycles. The highest BCUT2D eigenvalue weighted by Crippen LogP contribution is 2.29. The van der Waals surface area contributed by atoms with Crippen LogP contribution in [0.1, 0.15) is 18.6 Å². The molecule has 0 N–H and O–H groups in total. The van der Waals surface area contributed by atoms with Crippen molar-refractivity contribution >= 4 is 11.8 Å². The topological polar surface area (TPSA) is 57.2 Å². The molecule has 0 radical (unpaired) electrons. The van der Waals surface area contributed by atoms with Crippen LogP contribution >= 0.6 is 0 Å². The van der Waals surface area contributed by atoms with E-state index in [1.807, 2.05) is 85.7 Å². The van der Waals surface area contributed by atoms with Crippen LogP contribution in [0, 0.1) is 0 Å². The van der Waals surface area contributed by atoms with Crippen LogP contribution in [-0.4, -0.2) is 45.7 Å². The van der Waals surface area contributed by atoms with E-state index < -0.39 is 18.4 Å². The van der Waals surface area contributed by atoms with Crippen molar-refractivity contribution in [2.45, 2.75) is 25.2 Å². The van der Waals surface area contributed by atoms with Crippen LogP contribution in [-0.2, 0) is 14.2 Å². The van der Waals surface area contributed by atoms with Gasteiger partial charge in [0.15, 0.2) is 0 Å². The Morgan fingerprint density at radius 3 is 2.55 bits per heavy atom. The van der Waals surface area contributed by atoms with Gasteiger partial charge < -0.3 is 23.8 Å². The minimum absolute atomic E-state index is 0.0323. The molecule has 0 amide bonds. The molecule has 0 saturated heterocycles. The van der Waals surface area contributed by atoms with E-state index in [2.05, 4.69) is 0 Å². The van der Waals surface area contributed by atoms with Gasteiger partial charge in [0.25, 0.3) is 0 Å². The summed E-state index contributed by atoms with van der Waals surface area (Å²) in [5.41, 5.74) is 2.06. The quantitative estimate of drug-likeness (QED) is 0.511. The van der Waals surface area contributed by atoms with Gasteiger partial charge in [-0.1, -0.05) is 42.5 Å². The molecule has 154 valence electrons. The molecular weight excluding hydrogens is 370 g/mol. The first kappa shape index (κ1) is 20.7. The lowest BCUT2D eigenvalue weighted by molar-refractivity contribution is -0.0823. The second kappa shape index (κ2) is 9.98. The second-order valence-electron chi connectivity index (χ2n) is 6.86. The van der Waals surface area contributed by atoms with Crippen LogP contribution in [0.25, 0.3) is 0 Å². The van der Waals surface area contributed by atoms with E-state index in [0.717, 1.165) is 11.3 Å². The molecule has 1 aliphatic rings. The van der Waals surface area contributed by atoms with Gasteiger partial charge in [0.2, 0.25) is 0 Å². The van der Waals surface area contributed by atoms with Crippen LogP contribution in [0.5, 0.6) is 5.75 Å². The standard InChI is InChI=1S/C23H27NO5/c1-4-26-23(25)27-16-22-21(28-19-12-8-11-18(15-19)24(2)3)14-13-20(29-22)17-9-6-5-7-10-17/h5-15,20-22H,4,16H2,1-3H3/t20-,21-,22+/m0/s1. The number of ether oxygens (including phenoxy) is 4. The minimum atomic E-state index is -0.713. The molecule has 0 aliphatic carbocycles. The minimum Gasteiger partial charge on any atom is -0.483 e. The number of hydrogen-bond acceptors (Lipinski definition) is 6. The van der Waals surface area contributed by atoms with Crippen molar-refractivity contribution in [2.24, 2.45) is 0 Å². The largest absolute Gasteiger partial charge is 0.508 e. The summed E-state index contributed by atoms with van der Waals surface area (Å²) >= 11 is 0. The SMILES string of the molecule is CCOC(=O)OC[C@H]1O[C@H](c2ccccc2)C=C[C@@H]1Oc1cccc(N(C)C)c1. The summed E-state index contributed by atoms with van der Waals surface area (Å²) in [4.78, 5) is 13.7. The fourth-order valence-corrected chi connectivity index (χ4v) is 3.03. The third kappa shape index (κ3) is 5.74. The zero-order valence-corrected chi connectivity index (χ0v) is 17.0. The van der Waals surface area contributed by atoms with Gasteiger partial charge >= 0.3 is 6.16 Å². The monoisotopic (exact) mass is 397 g/mol. The molecule has 0 saturated carbocycles. The van der Waals surface area contributed by atoms with Gasteiger partial charge in [0.05, 0.1) is 6.61 Å². The summed E-state index contributed by atoms with van der Waals surface area (Å²) < 4.78 is 22.5. The van der Waals surface area contributed by atoms with Crippen molar-refractivity contribution in [3.63, 3.8) is 0 Å². The maximum absolute atomic E-state index is 11.7. The van der Waals surface area contributed by atoms with Gasteiger partial charge in [-0.05, 0) is 30.7 Å². The van der Waals surface area contributed by atoms with E-state index >= 15 is 0 Å². The zero-order chi connectivity index (χ0) is 20.6. The smallest absolute Gasteiger partial charge is 0.483 e. The Kier molecular flexibility index (Phi) is 7.14. The molecule has 2 aromatic carbocycles. The number of rotatable bonds is 7. The molecule has 0 fully saturated rings. The van der Waals surface area contributed by atoms with Gasteiger partial charge in [-0.15, -0.1) is 0 Å². The maximum atomic E-state index is 11.7. The Bertz CT molecular complexity index is 821. The van der Waals surface area contributed by atoms with Crippen molar-refractivity contribution in [3.8, 4) is 5.75 Å². The van der Waals surface area contributed by atoms with E-state index in [0.29, 0.717) is 5.75 Å². The summed E-state index contributed by atoms with van der Waals surface area (Å²) in [6.07, 6.45) is 2.11. The molecule has 1 aliphatic heterocycles. The molecule has 0 unspecified atom stereocenters. The third-order valence-electron chi connectivity index (χ3n) is 4.53. The lowest BCUT2D eigenvalue weighted by Gasteiger charge is -2.32. The lowest BCUT2D eigenvalue weighted by Crippen LogP contribution is -2.40. The molecule has 6 heteroatoms. The lowest BCUT2D eigenvalue weighted by atomic mass is 10.0. The van der Waals surface area contributed by atoms with Gasteiger partial charge in [-0.2, -0.15) is 0 Å². The number of nitrogens with zero attached hydrogens (tertiary/aromatic N) is 1. The van der Waals surface area contributed by atoms with Crippen molar-refractivity contribution in [1.29, 1.82) is 0 Å². The predicted octanol–water partition coefficient (Wildman–Crippen LogP) is 4.37. The van der Waals surface area contributed by atoms with E-state index in [1.165, 1.54) is 0 Å². The highest BCUT2D eigenvalue weighted by molar-refractivity contribution is 5.59. The molecule has 3 atom stereocenters. The first-order valence-corrected chi connectivity index (χ1v) is 9.69. The summed E-state index contributed by atoms with van der Waals surface area (Å²) in [6, 6.07) is 17.7. The Morgan fingerprint density at radius 1 is 1.03 bits per heavy atom. The molecule has 3 rings (SSSR count). The van der Waals surface area contributed by atoms with Crippen molar-refractivity contribution in [2.75, 3.05) is 32.2 Å². The highest BCUT2D eigenvalue weighted by atomic mass is 16.7. The van der Waals surface area contributed by atoms with Gasteiger partial charge in [0, 0.05) is 25.8 Å². The third-order valence-corrected chi connectivity index (χ3v) is 4.53. The van der Waals surface area contributed by atoms with Gasteiger partial charge in [-0.25, -0.2) is 4.79 Å². The highest BCUT2D eigenvalue weighted by Gasteiger charge is 2.31. The van der Waals surface area contributed by atoms with E-state index in [-0.39, 0.29) is 19.3 Å². The van der Waals surface area contributed by atoms with Crippen LogP contribution in [0.2, 0.25) is 0 Å². The summed E-state index contributed by atoms with van der Waals surface area (Å²) in [5.74, 6) is 0.716. The van der Waals surface area contributed by atoms with E-state index in [4.69, 9.17) is 18.9 Å². The maximum Gasteiger partial charge on any atom is 0.508 e. The van der Waals surface area contributed by atoms with Gasteiger partial charge in [0.1, 0.15) is 30.7 Å². The zero-order valence-electron chi connectivity index (χ0n) is 17.0. The van der Waals surface area contributed by atoms with Crippen LogP contribution in [0.4, 0.5) is 10.5 Å². The summed E-state index contributed by atoms with van der Waals surface area (Å²) in [5, 5.41) is 0. The molecule has 6 nitrogen and oxygen atoms in total. The predicted molar refractivity (Wildman–Crippen MR) is 111 cm³/mol.